The zero-order valence-corrected chi connectivity index (χ0v) is 15.5. The molecule has 130 valence electrons. The Hall–Kier alpha value is -2.39. The van der Waals surface area contributed by atoms with E-state index < -0.39 is 0 Å². The van der Waals surface area contributed by atoms with E-state index in [0.29, 0.717) is 5.56 Å². The van der Waals surface area contributed by atoms with Gasteiger partial charge in [-0.15, -0.1) is 0 Å². The molecule has 0 saturated heterocycles. The third kappa shape index (κ3) is 4.18. The predicted octanol–water partition coefficient (Wildman–Crippen LogP) is 3.90. The molecule has 0 amide bonds. The lowest BCUT2D eigenvalue weighted by Gasteiger charge is -2.36. The molecule has 0 fully saturated rings. The van der Waals surface area contributed by atoms with Gasteiger partial charge in [-0.3, -0.25) is 4.79 Å². The van der Waals surface area contributed by atoms with Crippen LogP contribution in [0, 0.1) is 0 Å². The number of fused-ring (bicyclic) bond motifs is 1. The lowest BCUT2D eigenvalue weighted by molar-refractivity contribution is 0.104. The van der Waals surface area contributed by atoms with E-state index in [1.807, 2.05) is 30.3 Å². The zero-order valence-electron chi connectivity index (χ0n) is 15.5. The van der Waals surface area contributed by atoms with Crippen molar-refractivity contribution >= 4 is 11.5 Å². The van der Waals surface area contributed by atoms with E-state index in [2.05, 4.69) is 56.4 Å². The fraction of sp³-hybridized carbons (Fsp3) is 0.318. The molecule has 3 nitrogen and oxygen atoms in total. The van der Waals surface area contributed by atoms with Crippen molar-refractivity contribution in [1.29, 1.82) is 0 Å². The predicted molar refractivity (Wildman–Crippen MR) is 104 cm³/mol. The molecule has 0 aromatic heterocycles. The highest BCUT2D eigenvalue weighted by Gasteiger charge is 2.28. The van der Waals surface area contributed by atoms with E-state index in [9.17, 15) is 4.79 Å². The van der Waals surface area contributed by atoms with E-state index >= 15 is 0 Å². The van der Waals surface area contributed by atoms with Crippen molar-refractivity contribution in [3.05, 3.63) is 76.9 Å². The second-order valence-electron chi connectivity index (χ2n) is 7.70. The largest absolute Gasteiger partial charge is 0.379 e. The van der Waals surface area contributed by atoms with Gasteiger partial charge in [-0.25, -0.2) is 0 Å². The molecule has 1 aliphatic heterocycles. The first-order valence-corrected chi connectivity index (χ1v) is 8.70. The summed E-state index contributed by atoms with van der Waals surface area (Å²) in [5, 5.41) is 3.54. The smallest absolute Gasteiger partial charge is 0.187 e. The topological polar surface area (TPSA) is 32.3 Å². The van der Waals surface area contributed by atoms with Gasteiger partial charge in [-0.05, 0) is 45.5 Å². The van der Waals surface area contributed by atoms with Crippen molar-refractivity contribution in [3.63, 3.8) is 0 Å². The molecule has 25 heavy (non-hydrogen) atoms. The van der Waals surface area contributed by atoms with Gasteiger partial charge in [0.2, 0.25) is 0 Å². The van der Waals surface area contributed by atoms with Crippen LogP contribution in [-0.2, 0) is 13.0 Å². The van der Waals surface area contributed by atoms with Crippen molar-refractivity contribution in [2.75, 3.05) is 14.1 Å². The quantitative estimate of drug-likeness (QED) is 0.680. The molecule has 3 heteroatoms. The summed E-state index contributed by atoms with van der Waals surface area (Å²) in [5.74, 6) is 0.0316. The van der Waals surface area contributed by atoms with Gasteiger partial charge in [0.15, 0.2) is 5.78 Å². The van der Waals surface area contributed by atoms with Gasteiger partial charge in [0, 0.05) is 35.0 Å². The van der Waals surface area contributed by atoms with Crippen molar-refractivity contribution in [2.24, 2.45) is 0 Å². The molecule has 0 saturated carbocycles. The molecule has 0 aliphatic carbocycles. The molecule has 0 atom stereocenters. The molecule has 1 aliphatic rings. The van der Waals surface area contributed by atoms with Gasteiger partial charge < -0.3 is 10.2 Å². The van der Waals surface area contributed by atoms with E-state index in [1.54, 1.807) is 6.08 Å². The number of hydrogen-bond donors (Lipinski definition) is 1. The molecule has 1 heterocycles. The minimum absolute atomic E-state index is 0.0316. The first kappa shape index (κ1) is 17.4. The second kappa shape index (κ2) is 6.85. The Balaban J connectivity index is 1.99. The number of nitrogens with zero attached hydrogens (tertiary/aromatic N) is 1. The van der Waals surface area contributed by atoms with Gasteiger partial charge in [0.25, 0.3) is 0 Å². The fourth-order valence-electron chi connectivity index (χ4n) is 3.40. The summed E-state index contributed by atoms with van der Waals surface area (Å²) in [6.45, 7) is 5.27. The molecule has 0 radical (unpaired) electrons. The lowest BCUT2D eigenvalue weighted by atomic mass is 9.84. The number of nitrogens with one attached hydrogen (secondary N) is 1. The van der Waals surface area contributed by atoms with Crippen molar-refractivity contribution < 1.29 is 4.79 Å². The Bertz CT molecular complexity index is 804. The second-order valence-corrected chi connectivity index (χ2v) is 7.70. The average molecular weight is 334 g/mol. The summed E-state index contributed by atoms with van der Waals surface area (Å²) in [6.07, 6.45) is 2.68. The molecular formula is C22H26N2O. The normalized spacial score (nSPS) is 17.2. The number of hydrogen-bond acceptors (Lipinski definition) is 3. The van der Waals surface area contributed by atoms with Gasteiger partial charge >= 0.3 is 0 Å². The third-order valence-electron chi connectivity index (χ3n) is 4.40. The number of carbonyl (C=O) groups is 1. The summed E-state index contributed by atoms with van der Waals surface area (Å²) >= 11 is 0. The van der Waals surface area contributed by atoms with E-state index in [0.717, 1.165) is 24.2 Å². The van der Waals surface area contributed by atoms with Gasteiger partial charge in [0.1, 0.15) is 0 Å². The van der Waals surface area contributed by atoms with Gasteiger partial charge in [0.05, 0.1) is 0 Å². The lowest BCUT2D eigenvalue weighted by Crippen LogP contribution is -2.44. The number of benzene rings is 2. The summed E-state index contributed by atoms with van der Waals surface area (Å²) < 4.78 is 0. The molecule has 0 bridgehead atoms. The van der Waals surface area contributed by atoms with Crippen LogP contribution in [0.1, 0.15) is 40.9 Å². The number of ketones is 1. The maximum atomic E-state index is 12.6. The Morgan fingerprint density at radius 1 is 1.16 bits per heavy atom. The number of carbonyl (C=O) groups excluding carboxylic acids is 1. The maximum Gasteiger partial charge on any atom is 0.187 e. The van der Waals surface area contributed by atoms with Crippen molar-refractivity contribution in [2.45, 2.75) is 32.4 Å². The van der Waals surface area contributed by atoms with Crippen LogP contribution in [0.5, 0.6) is 0 Å². The van der Waals surface area contributed by atoms with Crippen LogP contribution in [0.4, 0.5) is 0 Å². The van der Waals surface area contributed by atoms with Crippen LogP contribution >= 0.6 is 0 Å². The summed E-state index contributed by atoms with van der Waals surface area (Å²) in [5.41, 5.74) is 5.28. The zero-order chi connectivity index (χ0) is 18.0. The Morgan fingerprint density at radius 3 is 2.56 bits per heavy atom. The Morgan fingerprint density at radius 2 is 1.88 bits per heavy atom. The van der Waals surface area contributed by atoms with E-state index in [1.165, 1.54) is 11.1 Å². The highest BCUT2D eigenvalue weighted by Crippen LogP contribution is 2.30. The molecule has 1 N–H and O–H groups in total. The third-order valence-corrected chi connectivity index (χ3v) is 4.40. The summed E-state index contributed by atoms with van der Waals surface area (Å²) in [4.78, 5) is 14.8. The molecule has 0 unspecified atom stereocenters. The highest BCUT2D eigenvalue weighted by atomic mass is 16.1. The first-order chi connectivity index (χ1) is 11.8. The van der Waals surface area contributed by atoms with Crippen molar-refractivity contribution in [3.8, 4) is 0 Å². The minimum atomic E-state index is -0.0768. The maximum absolute atomic E-state index is 12.6. The molecule has 0 spiro atoms. The van der Waals surface area contributed by atoms with E-state index in [-0.39, 0.29) is 11.3 Å². The molecule has 2 aromatic rings. The van der Waals surface area contributed by atoms with Crippen LogP contribution in [0.2, 0.25) is 0 Å². The number of allylic oxidation sites excluding steroid dienone is 1. The van der Waals surface area contributed by atoms with Gasteiger partial charge in [-0.1, -0.05) is 48.5 Å². The van der Waals surface area contributed by atoms with Crippen LogP contribution in [-0.4, -0.2) is 30.3 Å². The highest BCUT2D eigenvalue weighted by molar-refractivity contribution is 6.08. The monoisotopic (exact) mass is 334 g/mol. The summed E-state index contributed by atoms with van der Waals surface area (Å²) in [7, 11) is 4.16. The minimum Gasteiger partial charge on any atom is -0.379 e. The SMILES string of the molecule is CN(C)Cc1ccc2c(c1)CC(C)(C)N/C2=C\C(=O)c1ccccc1. The molecular weight excluding hydrogens is 308 g/mol. The standard InChI is InChI=1S/C22H26N2O/c1-22(2)14-18-12-16(15-24(3)4)10-11-19(18)20(23-22)13-21(25)17-8-6-5-7-9-17/h5-13,23H,14-15H2,1-4H3/b20-13-. The Kier molecular flexibility index (Phi) is 4.78. The Labute approximate surface area is 150 Å². The number of rotatable bonds is 4. The molecule has 3 rings (SSSR count). The van der Waals surface area contributed by atoms with Crippen molar-refractivity contribution in [1.82, 2.24) is 10.2 Å². The summed E-state index contributed by atoms with van der Waals surface area (Å²) in [6, 6.07) is 16.0. The van der Waals surface area contributed by atoms with Crippen LogP contribution in [0.15, 0.2) is 54.6 Å². The van der Waals surface area contributed by atoms with Crippen LogP contribution in [0.3, 0.4) is 0 Å². The van der Waals surface area contributed by atoms with Crippen LogP contribution in [0.25, 0.3) is 5.70 Å². The van der Waals surface area contributed by atoms with Gasteiger partial charge in [-0.2, -0.15) is 0 Å². The molecule has 2 aromatic carbocycles. The fourth-order valence-corrected chi connectivity index (χ4v) is 3.40. The first-order valence-electron chi connectivity index (χ1n) is 8.70. The van der Waals surface area contributed by atoms with E-state index in [4.69, 9.17) is 0 Å². The van der Waals surface area contributed by atoms with Crippen LogP contribution < -0.4 is 5.32 Å². The average Bonchev–Trinajstić information content (AvgIpc) is 2.53.